The van der Waals surface area contributed by atoms with Crippen molar-refractivity contribution in [3.63, 3.8) is 0 Å². The molecule has 0 unspecified atom stereocenters. The number of anilines is 2. The molecule has 1 aliphatic rings. The number of nitrogens with one attached hydrogen (secondary N) is 2. The molecule has 2 aromatic heterocycles. The van der Waals surface area contributed by atoms with E-state index >= 15 is 0 Å². The Balaban J connectivity index is 1.48. The van der Waals surface area contributed by atoms with Gasteiger partial charge >= 0.3 is 0 Å². The highest BCUT2D eigenvalue weighted by molar-refractivity contribution is 7.93. The van der Waals surface area contributed by atoms with Crippen LogP contribution in [0.25, 0.3) is 0 Å². The Bertz CT molecular complexity index is 1060. The fourth-order valence-corrected chi connectivity index (χ4v) is 4.38. The van der Waals surface area contributed by atoms with Crippen molar-refractivity contribution in [3.8, 4) is 5.88 Å². The van der Waals surface area contributed by atoms with Crippen molar-refractivity contribution < 1.29 is 17.9 Å². The van der Waals surface area contributed by atoms with Gasteiger partial charge in [0.25, 0.3) is 15.9 Å². The van der Waals surface area contributed by atoms with Crippen molar-refractivity contribution >= 4 is 38.1 Å². The van der Waals surface area contributed by atoms with Crippen LogP contribution in [0.3, 0.4) is 0 Å². The van der Waals surface area contributed by atoms with Crippen molar-refractivity contribution in [3.05, 3.63) is 47.6 Å². The molecule has 27 heavy (non-hydrogen) atoms. The minimum Gasteiger partial charge on any atom is -0.477 e. The second kappa shape index (κ2) is 7.00. The molecule has 0 spiro atoms. The Hall–Kier alpha value is -2.92. The molecule has 2 N–H and O–H groups in total. The molecule has 3 aromatic rings. The normalized spacial score (nSPS) is 13.5. The van der Waals surface area contributed by atoms with Crippen LogP contribution in [-0.4, -0.2) is 35.7 Å². The number of ether oxygens (including phenoxy) is 1. The maximum atomic E-state index is 12.5. The summed E-state index contributed by atoms with van der Waals surface area (Å²) in [5.74, 6) is 0.0836. The molecule has 1 aromatic carbocycles. The third-order valence-electron chi connectivity index (χ3n) is 3.87. The van der Waals surface area contributed by atoms with Crippen molar-refractivity contribution in [2.75, 3.05) is 16.6 Å². The molecule has 1 aliphatic heterocycles. The zero-order chi connectivity index (χ0) is 18.9. The lowest BCUT2D eigenvalue weighted by Gasteiger charge is -2.15. The van der Waals surface area contributed by atoms with Gasteiger partial charge in [-0.1, -0.05) is 0 Å². The molecule has 1 amide bonds. The summed E-state index contributed by atoms with van der Waals surface area (Å²) >= 11 is 1.19. The van der Waals surface area contributed by atoms with Gasteiger partial charge in [-0.05, 0) is 24.3 Å². The van der Waals surface area contributed by atoms with Gasteiger partial charge < -0.3 is 10.1 Å². The third-order valence-corrected chi connectivity index (χ3v) is 6.04. The van der Waals surface area contributed by atoms with Crippen LogP contribution in [0.5, 0.6) is 5.88 Å². The summed E-state index contributed by atoms with van der Waals surface area (Å²) in [7, 11) is -3.73. The van der Waals surface area contributed by atoms with Gasteiger partial charge in [0.15, 0.2) is 5.13 Å². The van der Waals surface area contributed by atoms with E-state index in [0.717, 1.165) is 6.42 Å². The van der Waals surface area contributed by atoms with Crippen LogP contribution in [-0.2, 0) is 16.6 Å². The molecule has 140 valence electrons. The Morgan fingerprint density at radius 1 is 1.26 bits per heavy atom. The summed E-state index contributed by atoms with van der Waals surface area (Å²) < 4.78 is 34.2. The van der Waals surface area contributed by atoms with Gasteiger partial charge in [-0.2, -0.15) is 5.10 Å². The van der Waals surface area contributed by atoms with Crippen molar-refractivity contribution in [2.45, 2.75) is 17.9 Å². The van der Waals surface area contributed by atoms with Crippen LogP contribution >= 0.6 is 11.3 Å². The highest BCUT2D eigenvalue weighted by Gasteiger charge is 2.22. The monoisotopic (exact) mass is 405 g/mol. The van der Waals surface area contributed by atoms with Gasteiger partial charge in [0.1, 0.15) is 5.56 Å². The number of nitrogens with zero attached hydrogens (tertiary/aromatic N) is 3. The van der Waals surface area contributed by atoms with Gasteiger partial charge in [-0.15, -0.1) is 11.3 Å². The van der Waals surface area contributed by atoms with Crippen molar-refractivity contribution in [1.82, 2.24) is 14.8 Å². The highest BCUT2D eigenvalue weighted by atomic mass is 32.2. The van der Waals surface area contributed by atoms with E-state index in [0.29, 0.717) is 35.4 Å². The fraction of sp³-hybridized carbons (Fsp3) is 0.188. The van der Waals surface area contributed by atoms with Crippen LogP contribution in [0.1, 0.15) is 16.8 Å². The summed E-state index contributed by atoms with van der Waals surface area (Å²) in [5.41, 5.74) is 0.806. The van der Waals surface area contributed by atoms with Crippen LogP contribution in [0.15, 0.2) is 46.9 Å². The number of thiazole rings is 1. The topological polar surface area (TPSA) is 115 Å². The number of hydrogen-bond donors (Lipinski definition) is 2. The van der Waals surface area contributed by atoms with Crippen LogP contribution in [0.4, 0.5) is 10.8 Å². The van der Waals surface area contributed by atoms with E-state index in [1.165, 1.54) is 48.0 Å². The number of hydrogen-bond acceptors (Lipinski definition) is 7. The van der Waals surface area contributed by atoms with E-state index in [2.05, 4.69) is 20.1 Å². The first-order valence-corrected chi connectivity index (χ1v) is 10.4. The molecular weight excluding hydrogens is 390 g/mol. The molecular formula is C16H15N5O4S2. The zero-order valence-corrected chi connectivity index (χ0v) is 15.6. The first-order valence-electron chi connectivity index (χ1n) is 8.05. The standard InChI is InChI=1S/C16H15N5O4S2/c22-14(13-10-18-21-7-1-8-25-15(13)21)19-11-2-4-12(5-3-11)27(23,24)20-16-17-6-9-26-16/h2-6,9-10H,1,7-8H2,(H,17,20)(H,19,22). The molecule has 4 rings (SSSR count). The zero-order valence-electron chi connectivity index (χ0n) is 14.0. The smallest absolute Gasteiger partial charge is 0.263 e. The Labute approximate surface area is 159 Å². The second-order valence-corrected chi connectivity index (χ2v) is 8.29. The van der Waals surface area contributed by atoms with E-state index in [9.17, 15) is 13.2 Å². The fourth-order valence-electron chi connectivity index (χ4n) is 2.59. The Kier molecular flexibility index (Phi) is 4.54. The predicted octanol–water partition coefficient (Wildman–Crippen LogP) is 2.18. The molecule has 0 fully saturated rings. The van der Waals surface area contributed by atoms with Gasteiger partial charge in [-0.25, -0.2) is 18.1 Å². The summed E-state index contributed by atoms with van der Waals surface area (Å²) in [4.78, 5) is 16.4. The average molecular weight is 405 g/mol. The molecule has 3 heterocycles. The summed E-state index contributed by atoms with van der Waals surface area (Å²) in [6.07, 6.45) is 3.83. The maximum Gasteiger partial charge on any atom is 0.263 e. The Morgan fingerprint density at radius 2 is 2.07 bits per heavy atom. The highest BCUT2D eigenvalue weighted by Crippen LogP contribution is 2.24. The number of carbonyl (C=O) groups is 1. The number of sulfonamides is 1. The van der Waals surface area contributed by atoms with E-state index in [-0.39, 0.29) is 10.8 Å². The molecule has 0 bridgehead atoms. The minimum atomic E-state index is -3.73. The van der Waals surface area contributed by atoms with Crippen molar-refractivity contribution in [1.29, 1.82) is 0 Å². The van der Waals surface area contributed by atoms with Gasteiger partial charge in [0, 0.05) is 30.2 Å². The van der Waals surface area contributed by atoms with Crippen LogP contribution < -0.4 is 14.8 Å². The van der Waals surface area contributed by atoms with Crippen LogP contribution in [0, 0.1) is 0 Å². The summed E-state index contributed by atoms with van der Waals surface area (Å²) in [6.45, 7) is 1.26. The first-order chi connectivity index (χ1) is 13.0. The summed E-state index contributed by atoms with van der Waals surface area (Å²) in [6, 6.07) is 5.86. The third kappa shape index (κ3) is 3.64. The molecule has 0 atom stereocenters. The number of rotatable bonds is 5. The van der Waals surface area contributed by atoms with Gasteiger partial charge in [0.2, 0.25) is 5.88 Å². The molecule has 0 saturated heterocycles. The average Bonchev–Trinajstić information content (AvgIpc) is 3.31. The molecule has 0 radical (unpaired) electrons. The number of benzene rings is 1. The number of aryl methyl sites for hydroxylation is 1. The van der Waals surface area contributed by atoms with Crippen molar-refractivity contribution in [2.24, 2.45) is 0 Å². The van der Waals surface area contributed by atoms with Crippen LogP contribution in [0.2, 0.25) is 0 Å². The number of fused-ring (bicyclic) bond motifs is 1. The molecule has 11 heteroatoms. The quantitative estimate of drug-likeness (QED) is 0.672. The molecule has 0 aliphatic carbocycles. The van der Waals surface area contributed by atoms with E-state index in [4.69, 9.17) is 4.74 Å². The lowest BCUT2D eigenvalue weighted by atomic mass is 10.2. The largest absolute Gasteiger partial charge is 0.477 e. The molecule has 9 nitrogen and oxygen atoms in total. The number of amides is 1. The SMILES string of the molecule is O=C(Nc1ccc(S(=O)(=O)Nc2nccs2)cc1)c1cnn2c1OCCC2. The second-order valence-electron chi connectivity index (χ2n) is 5.71. The number of aromatic nitrogens is 3. The van der Waals surface area contributed by atoms with Gasteiger partial charge in [-0.3, -0.25) is 9.52 Å². The van der Waals surface area contributed by atoms with E-state index in [1.807, 2.05) is 0 Å². The lowest BCUT2D eigenvalue weighted by molar-refractivity contribution is 0.102. The van der Waals surface area contributed by atoms with E-state index < -0.39 is 10.0 Å². The lowest BCUT2D eigenvalue weighted by Crippen LogP contribution is -2.18. The minimum absolute atomic E-state index is 0.0712. The maximum absolute atomic E-state index is 12.5. The predicted molar refractivity (Wildman–Crippen MR) is 99.7 cm³/mol. The molecule has 0 saturated carbocycles. The Morgan fingerprint density at radius 3 is 2.81 bits per heavy atom. The van der Waals surface area contributed by atoms with E-state index in [1.54, 1.807) is 10.1 Å². The first kappa shape index (κ1) is 17.5. The van der Waals surface area contributed by atoms with Gasteiger partial charge in [0.05, 0.1) is 17.7 Å². The summed E-state index contributed by atoms with van der Waals surface area (Å²) in [5, 5.41) is 8.83. The number of carbonyl (C=O) groups excluding carboxylic acids is 1.